The van der Waals surface area contributed by atoms with E-state index in [1.165, 1.54) is 0 Å². The van der Waals surface area contributed by atoms with Crippen molar-refractivity contribution in [1.29, 1.82) is 0 Å². The normalized spacial score (nSPS) is 11.9. The summed E-state index contributed by atoms with van der Waals surface area (Å²) in [5.41, 5.74) is -0.0469. The molecule has 0 radical (unpaired) electrons. The molecular weight excluding hydrogens is 308 g/mol. The Balaban J connectivity index is 2.63. The number of hydrogen-bond donors (Lipinski definition) is 2. The summed E-state index contributed by atoms with van der Waals surface area (Å²) in [6.07, 6.45) is 4.44. The van der Waals surface area contributed by atoms with Gasteiger partial charge in [0, 0.05) is 12.7 Å². The van der Waals surface area contributed by atoms with E-state index in [0.29, 0.717) is 19.4 Å². The minimum atomic E-state index is -0.549. The lowest BCUT2D eigenvalue weighted by atomic mass is 9.92. The Kier molecular flexibility index (Phi) is 6.81. The number of carbonyl (C=O) groups is 2. The van der Waals surface area contributed by atoms with Crippen LogP contribution in [0.4, 0.5) is 4.79 Å². The molecule has 2 amide bonds. The van der Waals surface area contributed by atoms with Crippen molar-refractivity contribution in [3.05, 3.63) is 18.0 Å². The molecule has 0 atom stereocenters. The molecule has 7 heteroatoms. The van der Waals surface area contributed by atoms with Gasteiger partial charge in [0.1, 0.15) is 12.1 Å². The second-order valence-electron chi connectivity index (χ2n) is 7.11. The second kappa shape index (κ2) is 8.17. The molecule has 0 aliphatic carbocycles. The van der Waals surface area contributed by atoms with Gasteiger partial charge in [-0.3, -0.25) is 9.48 Å². The summed E-state index contributed by atoms with van der Waals surface area (Å²) >= 11 is 0. The standard InChI is InChI=1S/C17H30N4O3/c1-7-17(8-2,12-18-15(23)24-16(4,5)6)20-14(22)11-21-10-13(3)9-19-21/h9-10H,7-8,11-12H2,1-6H3,(H,18,23)(H,20,22). The van der Waals surface area contributed by atoms with Crippen molar-refractivity contribution in [1.82, 2.24) is 20.4 Å². The van der Waals surface area contributed by atoms with Gasteiger partial charge in [-0.2, -0.15) is 5.10 Å². The largest absolute Gasteiger partial charge is 0.444 e. The molecule has 0 bridgehead atoms. The predicted molar refractivity (Wildman–Crippen MR) is 92.7 cm³/mol. The molecule has 0 saturated heterocycles. The zero-order valence-electron chi connectivity index (χ0n) is 15.6. The molecule has 0 spiro atoms. The van der Waals surface area contributed by atoms with Crippen LogP contribution >= 0.6 is 0 Å². The van der Waals surface area contributed by atoms with Crippen LogP contribution in [0.1, 0.15) is 53.0 Å². The Morgan fingerprint density at radius 2 is 1.88 bits per heavy atom. The highest BCUT2D eigenvalue weighted by atomic mass is 16.6. The van der Waals surface area contributed by atoms with Crippen LogP contribution < -0.4 is 10.6 Å². The molecule has 1 aromatic rings. The van der Waals surface area contributed by atoms with Gasteiger partial charge in [0.05, 0.1) is 11.7 Å². The second-order valence-corrected chi connectivity index (χ2v) is 7.11. The van der Waals surface area contributed by atoms with Crippen LogP contribution in [0, 0.1) is 6.92 Å². The highest BCUT2D eigenvalue weighted by molar-refractivity contribution is 5.76. The molecule has 0 aliphatic rings. The SMILES string of the molecule is CCC(CC)(CNC(=O)OC(C)(C)C)NC(=O)Cn1cc(C)cn1. The average molecular weight is 338 g/mol. The third kappa shape index (κ3) is 6.60. The zero-order chi connectivity index (χ0) is 18.4. The molecule has 0 aliphatic heterocycles. The Hall–Kier alpha value is -2.05. The molecule has 1 heterocycles. The van der Waals surface area contributed by atoms with Gasteiger partial charge < -0.3 is 15.4 Å². The van der Waals surface area contributed by atoms with Gasteiger partial charge in [-0.15, -0.1) is 0 Å². The van der Waals surface area contributed by atoms with E-state index in [4.69, 9.17) is 4.74 Å². The van der Waals surface area contributed by atoms with Crippen molar-refractivity contribution in [3.8, 4) is 0 Å². The molecule has 24 heavy (non-hydrogen) atoms. The molecule has 0 unspecified atom stereocenters. The summed E-state index contributed by atoms with van der Waals surface area (Å²) in [7, 11) is 0. The van der Waals surface area contributed by atoms with Gasteiger partial charge in [-0.1, -0.05) is 13.8 Å². The van der Waals surface area contributed by atoms with E-state index in [0.717, 1.165) is 5.56 Å². The maximum Gasteiger partial charge on any atom is 0.407 e. The van der Waals surface area contributed by atoms with E-state index < -0.39 is 17.2 Å². The molecule has 136 valence electrons. The van der Waals surface area contributed by atoms with Crippen molar-refractivity contribution in [3.63, 3.8) is 0 Å². The maximum absolute atomic E-state index is 12.3. The van der Waals surface area contributed by atoms with E-state index in [-0.39, 0.29) is 12.5 Å². The first-order chi connectivity index (χ1) is 11.1. The number of ether oxygens (including phenoxy) is 1. The fourth-order valence-corrected chi connectivity index (χ4v) is 2.31. The Morgan fingerprint density at radius 3 is 2.33 bits per heavy atom. The van der Waals surface area contributed by atoms with E-state index in [2.05, 4.69) is 15.7 Å². The van der Waals surface area contributed by atoms with Crippen LogP contribution in [0.5, 0.6) is 0 Å². The fraction of sp³-hybridized carbons (Fsp3) is 0.706. The van der Waals surface area contributed by atoms with Crippen LogP contribution in [0.3, 0.4) is 0 Å². The van der Waals surface area contributed by atoms with Crippen molar-refractivity contribution in [2.24, 2.45) is 0 Å². The molecule has 1 aromatic heterocycles. The summed E-state index contributed by atoms with van der Waals surface area (Å²) in [6, 6.07) is 0. The van der Waals surface area contributed by atoms with Crippen LogP contribution in [-0.4, -0.2) is 39.5 Å². The minimum absolute atomic E-state index is 0.132. The van der Waals surface area contributed by atoms with Crippen molar-refractivity contribution >= 4 is 12.0 Å². The van der Waals surface area contributed by atoms with Crippen molar-refractivity contribution < 1.29 is 14.3 Å². The molecule has 0 saturated carbocycles. The van der Waals surface area contributed by atoms with Crippen LogP contribution in [-0.2, 0) is 16.1 Å². The lowest BCUT2D eigenvalue weighted by molar-refractivity contribution is -0.124. The van der Waals surface area contributed by atoms with Gasteiger partial charge in [-0.05, 0) is 46.1 Å². The smallest absolute Gasteiger partial charge is 0.407 e. The predicted octanol–water partition coefficient (Wildman–Crippen LogP) is 2.39. The fourth-order valence-electron chi connectivity index (χ4n) is 2.31. The Bertz CT molecular complexity index is 556. The monoisotopic (exact) mass is 338 g/mol. The number of carbonyl (C=O) groups excluding carboxylic acids is 2. The number of nitrogens with zero attached hydrogens (tertiary/aromatic N) is 2. The average Bonchev–Trinajstić information content (AvgIpc) is 2.87. The number of amides is 2. The van der Waals surface area contributed by atoms with Gasteiger partial charge >= 0.3 is 6.09 Å². The van der Waals surface area contributed by atoms with Gasteiger partial charge in [0.15, 0.2) is 0 Å². The first kappa shape index (κ1) is 20.0. The molecule has 0 fully saturated rings. The van der Waals surface area contributed by atoms with Crippen LogP contribution in [0.15, 0.2) is 12.4 Å². The first-order valence-corrected chi connectivity index (χ1v) is 8.36. The highest BCUT2D eigenvalue weighted by Crippen LogP contribution is 2.15. The highest BCUT2D eigenvalue weighted by Gasteiger charge is 2.29. The number of nitrogens with one attached hydrogen (secondary N) is 2. The van der Waals surface area contributed by atoms with Crippen LogP contribution in [0.2, 0.25) is 0 Å². The third-order valence-electron chi connectivity index (χ3n) is 3.80. The van der Waals surface area contributed by atoms with E-state index in [9.17, 15) is 9.59 Å². The Labute approximate surface area is 144 Å². The van der Waals surface area contributed by atoms with E-state index >= 15 is 0 Å². The summed E-state index contributed by atoms with van der Waals surface area (Å²) in [6.45, 7) is 11.8. The Morgan fingerprint density at radius 1 is 1.25 bits per heavy atom. The number of aryl methyl sites for hydroxylation is 1. The summed E-state index contributed by atoms with van der Waals surface area (Å²) in [4.78, 5) is 24.2. The van der Waals surface area contributed by atoms with E-state index in [1.807, 2.05) is 47.7 Å². The molecule has 2 N–H and O–H groups in total. The lowest BCUT2D eigenvalue weighted by Crippen LogP contribution is -2.56. The van der Waals surface area contributed by atoms with Gasteiger partial charge in [0.25, 0.3) is 0 Å². The summed E-state index contributed by atoms with van der Waals surface area (Å²) in [5, 5.41) is 9.91. The van der Waals surface area contributed by atoms with E-state index in [1.54, 1.807) is 10.9 Å². The summed E-state index contributed by atoms with van der Waals surface area (Å²) in [5.74, 6) is -0.132. The number of rotatable bonds is 7. The third-order valence-corrected chi connectivity index (χ3v) is 3.80. The minimum Gasteiger partial charge on any atom is -0.444 e. The van der Waals surface area contributed by atoms with Crippen molar-refractivity contribution in [2.75, 3.05) is 6.54 Å². The first-order valence-electron chi connectivity index (χ1n) is 8.36. The molecule has 0 aromatic carbocycles. The zero-order valence-corrected chi connectivity index (χ0v) is 15.6. The number of aromatic nitrogens is 2. The quantitative estimate of drug-likeness (QED) is 0.799. The molecule has 1 rings (SSSR count). The topological polar surface area (TPSA) is 85.3 Å². The van der Waals surface area contributed by atoms with Gasteiger partial charge in [-0.25, -0.2) is 4.79 Å². The molecular formula is C17H30N4O3. The van der Waals surface area contributed by atoms with Crippen LogP contribution in [0.25, 0.3) is 0 Å². The molecule has 7 nitrogen and oxygen atoms in total. The van der Waals surface area contributed by atoms with Gasteiger partial charge in [0.2, 0.25) is 5.91 Å². The number of alkyl carbamates (subject to hydrolysis) is 1. The van der Waals surface area contributed by atoms with Crippen molar-refractivity contribution in [2.45, 2.75) is 72.1 Å². The lowest BCUT2D eigenvalue weighted by Gasteiger charge is -2.33. The summed E-state index contributed by atoms with van der Waals surface area (Å²) < 4.78 is 6.85. The number of hydrogen-bond acceptors (Lipinski definition) is 4. The maximum atomic E-state index is 12.3.